The first kappa shape index (κ1) is 9.97. The summed E-state index contributed by atoms with van der Waals surface area (Å²) < 4.78 is 0. The lowest BCUT2D eigenvalue weighted by molar-refractivity contribution is 0.810. The van der Waals surface area contributed by atoms with Gasteiger partial charge in [0.2, 0.25) is 0 Å². The molecule has 2 nitrogen and oxygen atoms in total. The maximum absolute atomic E-state index is 4.41. The maximum atomic E-state index is 4.41. The molecular weight excluding hydrogens is 184 g/mol. The van der Waals surface area contributed by atoms with Gasteiger partial charge in [-0.05, 0) is 12.5 Å². The number of aliphatic imine (C=N–C) groups is 1. The van der Waals surface area contributed by atoms with Gasteiger partial charge in [-0.25, -0.2) is 0 Å². The Labute approximate surface area is 90.0 Å². The van der Waals surface area contributed by atoms with Gasteiger partial charge >= 0.3 is 0 Å². The summed E-state index contributed by atoms with van der Waals surface area (Å²) in [6.07, 6.45) is 6.35. The average molecular weight is 200 g/mol. The zero-order chi connectivity index (χ0) is 10.5. The van der Waals surface area contributed by atoms with Gasteiger partial charge in [0.05, 0.1) is 0 Å². The Morgan fingerprint density at radius 1 is 1.33 bits per heavy atom. The highest BCUT2D eigenvalue weighted by molar-refractivity contribution is 5.98. The number of hydrogen-bond donors (Lipinski definition) is 1. The molecule has 0 bridgehead atoms. The van der Waals surface area contributed by atoms with Crippen LogP contribution < -0.4 is 0 Å². The highest BCUT2D eigenvalue weighted by Gasteiger charge is 1.98. The molecule has 2 heteroatoms. The van der Waals surface area contributed by atoms with Crippen LogP contribution in [0.4, 0.5) is 0 Å². The molecule has 0 radical (unpaired) electrons. The highest BCUT2D eigenvalue weighted by Crippen LogP contribution is 2.15. The van der Waals surface area contributed by atoms with Crippen molar-refractivity contribution in [3.63, 3.8) is 0 Å². The lowest BCUT2D eigenvalue weighted by atomic mass is 10.2. The van der Waals surface area contributed by atoms with Gasteiger partial charge in [-0.3, -0.25) is 4.99 Å². The second-order valence-corrected chi connectivity index (χ2v) is 3.68. The third kappa shape index (κ3) is 2.27. The minimum absolute atomic E-state index is 0.927. The van der Waals surface area contributed by atoms with Gasteiger partial charge in [0.15, 0.2) is 0 Å². The topological polar surface area (TPSA) is 28.1 Å². The Kier molecular flexibility index (Phi) is 3.18. The van der Waals surface area contributed by atoms with E-state index in [1.165, 1.54) is 29.3 Å². The third-order valence-corrected chi connectivity index (χ3v) is 2.49. The summed E-state index contributed by atoms with van der Waals surface area (Å²) in [5.74, 6) is 0. The van der Waals surface area contributed by atoms with Crippen molar-refractivity contribution < 1.29 is 0 Å². The average Bonchev–Trinajstić information content (AvgIpc) is 2.68. The minimum atomic E-state index is 0.927. The number of nitrogens with one attached hydrogen (secondary N) is 1. The fraction of sp³-hybridized carbons (Fsp3) is 0.308. The van der Waals surface area contributed by atoms with E-state index < -0.39 is 0 Å². The van der Waals surface area contributed by atoms with Crippen LogP contribution in [-0.2, 0) is 0 Å². The van der Waals surface area contributed by atoms with E-state index in [1.807, 2.05) is 18.5 Å². The maximum Gasteiger partial charge on any atom is 0.0460 e. The largest absolute Gasteiger partial charge is 0.361 e. The molecule has 1 aromatic heterocycles. The molecule has 1 N–H and O–H groups in total. The van der Waals surface area contributed by atoms with Gasteiger partial charge < -0.3 is 4.98 Å². The molecular formula is C13H16N2. The van der Waals surface area contributed by atoms with Crippen LogP contribution in [0.15, 0.2) is 35.5 Å². The van der Waals surface area contributed by atoms with Crippen LogP contribution in [0.25, 0.3) is 10.9 Å². The number of hydrogen-bond acceptors (Lipinski definition) is 1. The number of H-pyrrole nitrogens is 1. The van der Waals surface area contributed by atoms with E-state index in [0.29, 0.717) is 0 Å². The number of unbranched alkanes of at least 4 members (excludes halogenated alkanes) is 1. The fourth-order valence-electron chi connectivity index (χ4n) is 1.61. The van der Waals surface area contributed by atoms with Crippen molar-refractivity contribution in [1.29, 1.82) is 0 Å². The summed E-state index contributed by atoms with van der Waals surface area (Å²) in [7, 11) is 0. The summed E-state index contributed by atoms with van der Waals surface area (Å²) in [4.78, 5) is 7.65. The molecule has 2 aromatic rings. The molecule has 0 unspecified atom stereocenters. The van der Waals surface area contributed by atoms with E-state index in [2.05, 4.69) is 35.1 Å². The third-order valence-electron chi connectivity index (χ3n) is 2.49. The zero-order valence-electron chi connectivity index (χ0n) is 9.03. The van der Waals surface area contributed by atoms with Crippen LogP contribution in [0.1, 0.15) is 25.3 Å². The van der Waals surface area contributed by atoms with Gasteiger partial charge in [-0.15, -0.1) is 0 Å². The van der Waals surface area contributed by atoms with Gasteiger partial charge in [0.1, 0.15) is 0 Å². The molecule has 0 aliphatic rings. The summed E-state index contributed by atoms with van der Waals surface area (Å²) in [6.45, 7) is 3.11. The molecule has 78 valence electrons. The van der Waals surface area contributed by atoms with Gasteiger partial charge in [0.25, 0.3) is 0 Å². The summed E-state index contributed by atoms with van der Waals surface area (Å²) >= 11 is 0. The Morgan fingerprint density at radius 2 is 2.20 bits per heavy atom. The van der Waals surface area contributed by atoms with Crippen molar-refractivity contribution in [3.05, 3.63) is 36.0 Å². The number of fused-ring (bicyclic) bond motifs is 1. The van der Waals surface area contributed by atoms with Gasteiger partial charge in [0, 0.05) is 35.4 Å². The summed E-state index contributed by atoms with van der Waals surface area (Å²) in [5.41, 5.74) is 2.36. The molecule has 1 heterocycles. The normalized spacial score (nSPS) is 11.5. The SMILES string of the molecule is CCCCN=Cc1c[nH]c2ccccc12. The van der Waals surface area contributed by atoms with E-state index in [4.69, 9.17) is 0 Å². The molecule has 0 atom stereocenters. The van der Waals surface area contributed by atoms with Gasteiger partial charge in [-0.1, -0.05) is 31.5 Å². The molecule has 15 heavy (non-hydrogen) atoms. The van der Waals surface area contributed by atoms with Crippen molar-refractivity contribution >= 4 is 17.1 Å². The second kappa shape index (κ2) is 4.78. The van der Waals surface area contributed by atoms with Crippen molar-refractivity contribution in [2.24, 2.45) is 4.99 Å². The standard InChI is InChI=1S/C13H16N2/c1-2-3-8-14-9-11-10-15-13-7-5-4-6-12(11)13/h4-7,9-10,15H,2-3,8H2,1H3. The minimum Gasteiger partial charge on any atom is -0.361 e. The van der Waals surface area contributed by atoms with E-state index in [1.54, 1.807) is 0 Å². The Morgan fingerprint density at radius 3 is 3.07 bits per heavy atom. The monoisotopic (exact) mass is 200 g/mol. The molecule has 0 aliphatic carbocycles. The number of para-hydroxylation sites is 1. The number of benzene rings is 1. The first-order valence-electron chi connectivity index (χ1n) is 5.47. The number of rotatable bonds is 4. The quantitative estimate of drug-likeness (QED) is 0.579. The Bertz CT molecular complexity index is 454. The molecule has 0 aliphatic heterocycles. The molecule has 0 fully saturated rings. The van der Waals surface area contributed by atoms with Crippen LogP contribution in [0.3, 0.4) is 0 Å². The first-order chi connectivity index (χ1) is 7.42. The molecule has 0 amide bonds. The van der Waals surface area contributed by atoms with E-state index in [0.717, 1.165) is 6.54 Å². The molecule has 1 aromatic carbocycles. The van der Waals surface area contributed by atoms with Crippen LogP contribution in [0.2, 0.25) is 0 Å². The Hall–Kier alpha value is -1.57. The van der Waals surface area contributed by atoms with Crippen LogP contribution in [-0.4, -0.2) is 17.7 Å². The molecule has 0 saturated heterocycles. The first-order valence-corrected chi connectivity index (χ1v) is 5.47. The van der Waals surface area contributed by atoms with Gasteiger partial charge in [-0.2, -0.15) is 0 Å². The zero-order valence-corrected chi connectivity index (χ0v) is 9.03. The highest BCUT2D eigenvalue weighted by atomic mass is 14.7. The second-order valence-electron chi connectivity index (χ2n) is 3.68. The lowest BCUT2D eigenvalue weighted by Gasteiger charge is -1.91. The Balaban J connectivity index is 2.17. The summed E-state index contributed by atoms with van der Waals surface area (Å²) in [6, 6.07) is 8.29. The molecule has 0 spiro atoms. The number of aromatic amines is 1. The summed E-state index contributed by atoms with van der Waals surface area (Å²) in [5, 5.41) is 1.25. The van der Waals surface area contributed by atoms with Crippen molar-refractivity contribution in [3.8, 4) is 0 Å². The predicted octanol–water partition coefficient (Wildman–Crippen LogP) is 3.39. The predicted molar refractivity (Wildman–Crippen MR) is 65.7 cm³/mol. The van der Waals surface area contributed by atoms with Crippen LogP contribution >= 0.6 is 0 Å². The van der Waals surface area contributed by atoms with Crippen molar-refractivity contribution in [1.82, 2.24) is 4.98 Å². The van der Waals surface area contributed by atoms with Crippen LogP contribution in [0, 0.1) is 0 Å². The molecule has 2 rings (SSSR count). The smallest absolute Gasteiger partial charge is 0.0460 e. The van der Waals surface area contributed by atoms with E-state index in [-0.39, 0.29) is 0 Å². The number of aromatic nitrogens is 1. The van der Waals surface area contributed by atoms with Crippen LogP contribution in [0.5, 0.6) is 0 Å². The number of nitrogens with zero attached hydrogens (tertiary/aromatic N) is 1. The van der Waals surface area contributed by atoms with Crippen molar-refractivity contribution in [2.45, 2.75) is 19.8 Å². The lowest BCUT2D eigenvalue weighted by Crippen LogP contribution is -1.82. The van der Waals surface area contributed by atoms with Crippen molar-refractivity contribution in [2.75, 3.05) is 6.54 Å². The van der Waals surface area contributed by atoms with E-state index >= 15 is 0 Å². The van der Waals surface area contributed by atoms with E-state index in [9.17, 15) is 0 Å². The molecule has 0 saturated carbocycles. The fourth-order valence-corrected chi connectivity index (χ4v) is 1.61.